The monoisotopic (exact) mass is 403 g/mol. The maximum absolute atomic E-state index is 12.7. The van der Waals surface area contributed by atoms with Gasteiger partial charge >= 0.3 is 0 Å². The van der Waals surface area contributed by atoms with Gasteiger partial charge in [-0.25, -0.2) is 0 Å². The zero-order chi connectivity index (χ0) is 20.3. The van der Waals surface area contributed by atoms with Crippen LogP contribution in [0, 0.1) is 0 Å². The van der Waals surface area contributed by atoms with E-state index in [1.807, 2.05) is 48.5 Å². The Morgan fingerprint density at radius 3 is 2.53 bits per heavy atom. The highest BCUT2D eigenvalue weighted by Crippen LogP contribution is 2.35. The van der Waals surface area contributed by atoms with Crippen LogP contribution in [0.4, 0.5) is 11.4 Å². The summed E-state index contributed by atoms with van der Waals surface area (Å²) in [5.41, 5.74) is 4.11. The van der Waals surface area contributed by atoms with Crippen LogP contribution in [0.15, 0.2) is 60.9 Å². The number of rotatable bonds is 4. The molecule has 5 rings (SSSR count). The van der Waals surface area contributed by atoms with Crippen LogP contribution in [0.5, 0.6) is 11.5 Å². The molecule has 0 unspecified atom stereocenters. The minimum atomic E-state index is -0.204. The van der Waals surface area contributed by atoms with Gasteiger partial charge in [-0.3, -0.25) is 9.78 Å². The Kier molecular flexibility index (Phi) is 4.94. The second kappa shape index (κ2) is 8.04. The van der Waals surface area contributed by atoms with Crippen LogP contribution in [0.3, 0.4) is 0 Å². The molecule has 3 aromatic rings. The smallest absolute Gasteiger partial charge is 0.257 e. The average Bonchev–Trinajstić information content (AvgIpc) is 3.28. The molecule has 1 fully saturated rings. The summed E-state index contributed by atoms with van der Waals surface area (Å²) in [6.45, 7) is 3.47. The highest BCUT2D eigenvalue weighted by molar-refractivity contribution is 6.04. The van der Waals surface area contributed by atoms with Gasteiger partial charge in [-0.2, -0.15) is 0 Å². The number of ether oxygens (including phenoxy) is 3. The standard InChI is InChI=1S/C23H21N3O4/c27-23(25-19-2-4-20(5-3-19)26-7-9-28-10-8-26)18-11-17(13-24-14-18)16-1-6-21-22(12-16)30-15-29-21/h1-6,11-14H,7-10,15H2,(H,25,27). The van der Waals surface area contributed by atoms with Crippen molar-refractivity contribution in [3.8, 4) is 22.6 Å². The first-order valence-electron chi connectivity index (χ1n) is 9.85. The largest absolute Gasteiger partial charge is 0.454 e. The molecule has 1 aromatic heterocycles. The van der Waals surface area contributed by atoms with Gasteiger partial charge in [-0.15, -0.1) is 0 Å². The van der Waals surface area contributed by atoms with E-state index >= 15 is 0 Å². The van der Waals surface area contributed by atoms with E-state index in [4.69, 9.17) is 14.2 Å². The number of nitrogens with one attached hydrogen (secondary N) is 1. The Balaban J connectivity index is 1.30. The second-order valence-electron chi connectivity index (χ2n) is 7.13. The minimum Gasteiger partial charge on any atom is -0.454 e. The number of morpholine rings is 1. The van der Waals surface area contributed by atoms with Gasteiger partial charge in [0.1, 0.15) is 0 Å². The maximum atomic E-state index is 12.7. The minimum absolute atomic E-state index is 0.204. The predicted octanol–water partition coefficient (Wildman–Crippen LogP) is 3.57. The Hall–Kier alpha value is -3.58. The Morgan fingerprint density at radius 1 is 0.900 bits per heavy atom. The van der Waals surface area contributed by atoms with Crippen molar-refractivity contribution in [2.45, 2.75) is 0 Å². The number of fused-ring (bicyclic) bond motifs is 1. The van der Waals surface area contributed by atoms with Crippen molar-refractivity contribution in [2.75, 3.05) is 43.3 Å². The third kappa shape index (κ3) is 3.79. The number of aromatic nitrogens is 1. The molecule has 152 valence electrons. The van der Waals surface area contributed by atoms with Crippen LogP contribution in [-0.4, -0.2) is 44.0 Å². The molecule has 7 nitrogen and oxygen atoms in total. The fourth-order valence-corrected chi connectivity index (χ4v) is 3.58. The number of benzene rings is 2. The molecule has 0 saturated carbocycles. The van der Waals surface area contributed by atoms with E-state index in [0.717, 1.165) is 54.6 Å². The Labute approximate surface area is 174 Å². The number of carbonyl (C=O) groups excluding carboxylic acids is 1. The number of pyridine rings is 1. The summed E-state index contributed by atoms with van der Waals surface area (Å²) in [6.07, 6.45) is 3.29. The van der Waals surface area contributed by atoms with E-state index in [2.05, 4.69) is 15.2 Å². The van der Waals surface area contributed by atoms with Crippen molar-refractivity contribution in [3.63, 3.8) is 0 Å². The summed E-state index contributed by atoms with van der Waals surface area (Å²) in [4.78, 5) is 19.3. The summed E-state index contributed by atoms with van der Waals surface area (Å²) < 4.78 is 16.2. The lowest BCUT2D eigenvalue weighted by molar-refractivity contribution is 0.102. The summed E-state index contributed by atoms with van der Waals surface area (Å²) in [7, 11) is 0. The number of amides is 1. The first-order valence-corrected chi connectivity index (χ1v) is 9.85. The molecular weight excluding hydrogens is 382 g/mol. The number of hydrogen-bond donors (Lipinski definition) is 1. The molecule has 0 aliphatic carbocycles. The normalized spacial score (nSPS) is 15.1. The van der Waals surface area contributed by atoms with Gasteiger partial charge in [0.2, 0.25) is 6.79 Å². The molecule has 1 amide bonds. The number of hydrogen-bond acceptors (Lipinski definition) is 6. The average molecular weight is 403 g/mol. The van der Waals surface area contributed by atoms with E-state index in [1.54, 1.807) is 12.4 Å². The first-order chi connectivity index (χ1) is 14.8. The second-order valence-corrected chi connectivity index (χ2v) is 7.13. The van der Waals surface area contributed by atoms with Gasteiger partial charge in [0.25, 0.3) is 5.91 Å². The highest BCUT2D eigenvalue weighted by Gasteiger charge is 2.15. The van der Waals surface area contributed by atoms with Gasteiger partial charge < -0.3 is 24.4 Å². The molecule has 7 heteroatoms. The molecule has 0 atom stereocenters. The van der Waals surface area contributed by atoms with E-state index in [-0.39, 0.29) is 12.7 Å². The van der Waals surface area contributed by atoms with Gasteiger partial charge in [0, 0.05) is 42.4 Å². The van der Waals surface area contributed by atoms with Crippen molar-refractivity contribution < 1.29 is 19.0 Å². The van der Waals surface area contributed by atoms with Crippen molar-refractivity contribution in [1.29, 1.82) is 0 Å². The molecule has 0 radical (unpaired) electrons. The fraction of sp³-hybridized carbons (Fsp3) is 0.217. The maximum Gasteiger partial charge on any atom is 0.257 e. The van der Waals surface area contributed by atoms with Crippen LogP contribution in [0.2, 0.25) is 0 Å². The Bertz CT molecular complexity index is 1060. The Morgan fingerprint density at radius 2 is 1.70 bits per heavy atom. The van der Waals surface area contributed by atoms with E-state index < -0.39 is 0 Å². The van der Waals surface area contributed by atoms with Crippen molar-refractivity contribution in [2.24, 2.45) is 0 Å². The zero-order valence-corrected chi connectivity index (χ0v) is 16.3. The van der Waals surface area contributed by atoms with Crippen LogP contribution < -0.4 is 19.7 Å². The van der Waals surface area contributed by atoms with E-state index in [9.17, 15) is 4.79 Å². The molecule has 3 heterocycles. The number of nitrogens with zero attached hydrogens (tertiary/aromatic N) is 2. The molecule has 30 heavy (non-hydrogen) atoms. The van der Waals surface area contributed by atoms with Crippen molar-refractivity contribution in [1.82, 2.24) is 4.98 Å². The van der Waals surface area contributed by atoms with Gasteiger partial charge in [-0.05, 0) is 48.0 Å². The molecule has 2 aromatic carbocycles. The van der Waals surface area contributed by atoms with Crippen molar-refractivity contribution >= 4 is 17.3 Å². The van der Waals surface area contributed by atoms with Gasteiger partial charge in [-0.1, -0.05) is 6.07 Å². The molecule has 2 aliphatic heterocycles. The van der Waals surface area contributed by atoms with Gasteiger partial charge in [0.15, 0.2) is 11.5 Å². The molecule has 0 bridgehead atoms. The summed E-state index contributed by atoms with van der Waals surface area (Å²) in [5, 5.41) is 2.94. The van der Waals surface area contributed by atoms with Crippen LogP contribution >= 0.6 is 0 Å². The molecule has 1 N–H and O–H groups in total. The van der Waals surface area contributed by atoms with Gasteiger partial charge in [0.05, 0.1) is 18.8 Å². The topological polar surface area (TPSA) is 72.9 Å². The molecule has 1 saturated heterocycles. The lowest BCUT2D eigenvalue weighted by atomic mass is 10.1. The highest BCUT2D eigenvalue weighted by atomic mass is 16.7. The third-order valence-electron chi connectivity index (χ3n) is 5.21. The lowest BCUT2D eigenvalue weighted by Crippen LogP contribution is -2.36. The quantitative estimate of drug-likeness (QED) is 0.718. The van der Waals surface area contributed by atoms with Crippen LogP contribution in [0.25, 0.3) is 11.1 Å². The van der Waals surface area contributed by atoms with Crippen molar-refractivity contribution in [3.05, 3.63) is 66.5 Å². The van der Waals surface area contributed by atoms with E-state index in [1.165, 1.54) is 0 Å². The van der Waals surface area contributed by atoms with E-state index in [0.29, 0.717) is 11.3 Å². The molecular formula is C23H21N3O4. The molecule has 0 spiro atoms. The first kappa shape index (κ1) is 18.4. The number of anilines is 2. The zero-order valence-electron chi connectivity index (χ0n) is 16.3. The molecule has 2 aliphatic rings. The summed E-state index contributed by atoms with van der Waals surface area (Å²) >= 11 is 0. The summed E-state index contributed by atoms with van der Waals surface area (Å²) in [5.74, 6) is 1.22. The van der Waals surface area contributed by atoms with Crippen LogP contribution in [0.1, 0.15) is 10.4 Å². The summed E-state index contributed by atoms with van der Waals surface area (Å²) in [6, 6.07) is 15.4. The SMILES string of the molecule is O=C(Nc1ccc(N2CCOCC2)cc1)c1cncc(-c2ccc3c(c2)OCO3)c1. The number of carbonyl (C=O) groups is 1. The van der Waals surface area contributed by atoms with Crippen LogP contribution in [-0.2, 0) is 4.74 Å². The fourth-order valence-electron chi connectivity index (χ4n) is 3.58. The third-order valence-corrected chi connectivity index (χ3v) is 5.21. The lowest BCUT2D eigenvalue weighted by Gasteiger charge is -2.28. The predicted molar refractivity (Wildman–Crippen MR) is 113 cm³/mol.